The molecule has 0 aromatic heterocycles. The Kier molecular flexibility index (Phi) is 13.3. The summed E-state index contributed by atoms with van der Waals surface area (Å²) in [7, 11) is 2.89. The van der Waals surface area contributed by atoms with Gasteiger partial charge in [0.05, 0.1) is 0 Å². The van der Waals surface area contributed by atoms with Gasteiger partial charge in [0, 0.05) is 0 Å². The normalized spacial score (nSPS) is 6.43. The molecule has 0 radical (unpaired) electrons. The van der Waals surface area contributed by atoms with Gasteiger partial charge in [-0.1, -0.05) is 24.8 Å². The second-order valence-corrected chi connectivity index (χ2v) is 1.05. The van der Waals surface area contributed by atoms with E-state index < -0.39 is 0 Å². The molecule has 0 aliphatic rings. The lowest BCUT2D eigenvalue weighted by Gasteiger charge is -1.71. The van der Waals surface area contributed by atoms with Crippen molar-refractivity contribution < 1.29 is 0 Å². The third-order valence-electron chi connectivity index (χ3n) is 0.348. The van der Waals surface area contributed by atoms with Crippen LogP contribution in [-0.4, -0.2) is 19.5 Å². The molecule has 0 amide bonds. The fraction of sp³-hybridized carbons (Fsp3) is 0.200. The summed E-state index contributed by atoms with van der Waals surface area (Å²) in [4.78, 5) is 0. The van der Waals surface area contributed by atoms with Crippen LogP contribution in [0.5, 0.6) is 0 Å². The maximum absolute atomic E-state index is 3.56. The SMILES string of the molecule is C=CC(=C)C.[SiH3][SiH3]. The van der Waals surface area contributed by atoms with Crippen molar-refractivity contribution in [1.29, 1.82) is 0 Å². The van der Waals surface area contributed by atoms with E-state index in [2.05, 4.69) is 13.2 Å². The number of allylic oxidation sites excluding steroid dienone is 2. The molecule has 0 spiro atoms. The summed E-state index contributed by atoms with van der Waals surface area (Å²) in [5.41, 5.74) is 1.02. The van der Waals surface area contributed by atoms with Crippen LogP contribution in [0.2, 0.25) is 0 Å². The van der Waals surface area contributed by atoms with Crippen molar-refractivity contribution in [2.45, 2.75) is 6.92 Å². The van der Waals surface area contributed by atoms with Gasteiger partial charge in [-0.25, -0.2) is 0 Å². The van der Waals surface area contributed by atoms with Crippen LogP contribution in [0.25, 0.3) is 0 Å². The molecule has 0 aromatic carbocycles. The van der Waals surface area contributed by atoms with Crippen LogP contribution in [0.4, 0.5) is 0 Å². The zero-order valence-electron chi connectivity index (χ0n) is 5.49. The van der Waals surface area contributed by atoms with Gasteiger partial charge in [0.2, 0.25) is 0 Å². The Hall–Kier alpha value is -0.0862. The second kappa shape index (κ2) is 9.32. The van der Waals surface area contributed by atoms with Gasteiger partial charge in [0.25, 0.3) is 0 Å². The summed E-state index contributed by atoms with van der Waals surface area (Å²) in [6.45, 7) is 8.93. The molecule has 0 saturated carbocycles. The molecule has 0 rings (SSSR count). The third kappa shape index (κ3) is 24.7. The van der Waals surface area contributed by atoms with Gasteiger partial charge >= 0.3 is 0 Å². The van der Waals surface area contributed by atoms with Gasteiger partial charge in [-0.05, 0) is 26.4 Å². The van der Waals surface area contributed by atoms with E-state index in [4.69, 9.17) is 0 Å². The fourth-order valence-corrected chi connectivity index (χ4v) is 0. The first-order valence-electron chi connectivity index (χ1n) is 2.55. The quantitative estimate of drug-likeness (QED) is 0.328. The Morgan fingerprint density at radius 3 is 1.71 bits per heavy atom. The molecule has 2 heteroatoms. The average molecular weight is 130 g/mol. The van der Waals surface area contributed by atoms with Gasteiger partial charge in [-0.3, -0.25) is 0 Å². The lowest BCUT2D eigenvalue weighted by Crippen LogP contribution is -1.50. The Morgan fingerprint density at radius 1 is 1.57 bits per heavy atom. The van der Waals surface area contributed by atoms with Crippen molar-refractivity contribution in [2.24, 2.45) is 0 Å². The van der Waals surface area contributed by atoms with Gasteiger partial charge < -0.3 is 0 Å². The van der Waals surface area contributed by atoms with E-state index in [1.165, 1.54) is 19.5 Å². The first-order chi connectivity index (χ1) is 3.27. The van der Waals surface area contributed by atoms with Gasteiger partial charge in [-0.15, -0.1) is 0 Å². The Labute approximate surface area is 52.0 Å². The lowest BCUT2D eigenvalue weighted by atomic mass is 10.4. The highest BCUT2D eigenvalue weighted by Crippen LogP contribution is 1.81. The van der Waals surface area contributed by atoms with E-state index in [9.17, 15) is 0 Å². The Balaban J connectivity index is 0. The van der Waals surface area contributed by atoms with Gasteiger partial charge in [-0.2, -0.15) is 0 Å². The zero-order valence-corrected chi connectivity index (χ0v) is 9.49. The minimum atomic E-state index is 1.02. The maximum Gasteiger partial charge on any atom is -0.0125 e. The molecule has 0 unspecified atom stereocenters. The minimum Gasteiger partial charge on any atom is -0.0988 e. The van der Waals surface area contributed by atoms with E-state index in [0.717, 1.165) is 5.57 Å². The molecule has 0 fully saturated rings. The summed E-state index contributed by atoms with van der Waals surface area (Å²) in [5.74, 6) is 0. The summed E-state index contributed by atoms with van der Waals surface area (Å²) in [6, 6.07) is 0. The summed E-state index contributed by atoms with van der Waals surface area (Å²) >= 11 is 0. The van der Waals surface area contributed by atoms with Crippen LogP contribution in [0, 0.1) is 0 Å². The second-order valence-electron chi connectivity index (χ2n) is 1.05. The highest BCUT2D eigenvalue weighted by Gasteiger charge is 1.59. The average Bonchev–Trinajstić information content (AvgIpc) is 1.73. The molecule has 0 N–H and O–H groups in total. The molecule has 42 valence electrons. The first kappa shape index (κ1) is 10.0. The maximum atomic E-state index is 3.56. The van der Waals surface area contributed by atoms with Crippen molar-refractivity contribution in [3.8, 4) is 0 Å². The highest BCUT2D eigenvalue weighted by molar-refractivity contribution is 6.75. The first-order valence-corrected chi connectivity index (χ1v) is 10.6. The number of rotatable bonds is 1. The van der Waals surface area contributed by atoms with Crippen molar-refractivity contribution in [3.05, 3.63) is 24.8 Å². The third-order valence-corrected chi connectivity index (χ3v) is 0.348. The Morgan fingerprint density at radius 2 is 1.71 bits per heavy atom. The van der Waals surface area contributed by atoms with Crippen molar-refractivity contribution in [2.75, 3.05) is 0 Å². The predicted molar refractivity (Wildman–Crippen MR) is 44.9 cm³/mol. The van der Waals surface area contributed by atoms with Crippen LogP contribution in [-0.2, 0) is 0 Å². The molecule has 0 aromatic rings. The standard InChI is InChI=1S/C5H8.H6Si2/c1-4-5(2)3;1-2/h4H,1-2H2,3H3;1-2H3. The molecule has 0 bridgehead atoms. The van der Waals surface area contributed by atoms with Crippen molar-refractivity contribution >= 4 is 19.5 Å². The van der Waals surface area contributed by atoms with Crippen LogP contribution in [0.15, 0.2) is 24.8 Å². The smallest absolute Gasteiger partial charge is 0.0125 e. The van der Waals surface area contributed by atoms with Crippen LogP contribution in [0.1, 0.15) is 6.92 Å². The number of hydrogen-bond donors (Lipinski definition) is 0. The highest BCUT2D eigenvalue weighted by atomic mass is 29.1. The van der Waals surface area contributed by atoms with E-state index in [1.54, 1.807) is 6.08 Å². The lowest BCUT2D eigenvalue weighted by molar-refractivity contribution is 1.58. The summed E-state index contributed by atoms with van der Waals surface area (Å²) in [6.07, 6.45) is 1.72. The molecular formula is C5H14Si2. The van der Waals surface area contributed by atoms with Crippen LogP contribution < -0.4 is 0 Å². The van der Waals surface area contributed by atoms with E-state index >= 15 is 0 Å². The van der Waals surface area contributed by atoms with E-state index in [1.807, 2.05) is 6.92 Å². The van der Waals surface area contributed by atoms with Gasteiger partial charge in [0.15, 0.2) is 0 Å². The van der Waals surface area contributed by atoms with Crippen LogP contribution in [0.3, 0.4) is 0 Å². The van der Waals surface area contributed by atoms with Crippen molar-refractivity contribution in [3.63, 3.8) is 0 Å². The fourth-order valence-electron chi connectivity index (χ4n) is 0. The Bertz CT molecular complexity index is 57.1. The largest absolute Gasteiger partial charge is 0.0988 e. The molecule has 0 aliphatic carbocycles. The van der Waals surface area contributed by atoms with Gasteiger partial charge in [0.1, 0.15) is 0 Å². The predicted octanol–water partition coefficient (Wildman–Crippen LogP) is -0.619. The molecule has 0 nitrogen and oxygen atoms in total. The molecule has 0 aliphatic heterocycles. The topological polar surface area (TPSA) is 0 Å². The summed E-state index contributed by atoms with van der Waals surface area (Å²) in [5, 5.41) is 0. The number of hydrogen-bond acceptors (Lipinski definition) is 0. The van der Waals surface area contributed by atoms with Crippen molar-refractivity contribution in [1.82, 2.24) is 0 Å². The molecule has 0 saturated heterocycles. The molecule has 0 atom stereocenters. The zero-order chi connectivity index (χ0) is 6.28. The van der Waals surface area contributed by atoms with Crippen LogP contribution >= 0.6 is 0 Å². The molecular weight excluding hydrogens is 116 g/mol. The summed E-state index contributed by atoms with van der Waals surface area (Å²) < 4.78 is 0. The minimum absolute atomic E-state index is 1.02. The van der Waals surface area contributed by atoms with E-state index in [-0.39, 0.29) is 0 Å². The molecule has 7 heavy (non-hydrogen) atoms. The molecule has 0 heterocycles. The van der Waals surface area contributed by atoms with E-state index in [0.29, 0.717) is 0 Å². The monoisotopic (exact) mass is 130 g/mol.